The molecule has 1 N–H and O–H groups in total. The minimum Gasteiger partial charge on any atom is -0.497 e. The third-order valence-corrected chi connectivity index (χ3v) is 9.05. The molecular weight excluding hydrogens is 655 g/mol. The molecule has 5 aromatic rings. The van der Waals surface area contributed by atoms with E-state index >= 15 is 0 Å². The number of aromatic nitrogens is 1. The average molecular weight is 690 g/mol. The highest BCUT2D eigenvalue weighted by molar-refractivity contribution is 7.07. The normalized spacial score (nSPS) is 14.0. The molecule has 4 aromatic carbocycles. The molecule has 2 heterocycles. The molecule has 1 amide bonds. The van der Waals surface area contributed by atoms with Gasteiger partial charge in [-0.25, -0.2) is 9.79 Å². The van der Waals surface area contributed by atoms with Crippen LogP contribution in [0.25, 0.3) is 6.08 Å². The second-order valence-electron chi connectivity index (χ2n) is 11.3. The zero-order chi connectivity index (χ0) is 35.2. The number of para-hydroxylation sites is 2. The first-order valence-corrected chi connectivity index (χ1v) is 16.7. The van der Waals surface area contributed by atoms with E-state index in [1.807, 2.05) is 54.6 Å². The van der Waals surface area contributed by atoms with Crippen molar-refractivity contribution in [2.24, 2.45) is 4.99 Å². The Morgan fingerprint density at radius 3 is 2.42 bits per heavy atom. The summed E-state index contributed by atoms with van der Waals surface area (Å²) < 4.78 is 24.4. The molecule has 1 aromatic heterocycles. The van der Waals surface area contributed by atoms with Gasteiger partial charge in [-0.2, -0.15) is 0 Å². The molecule has 0 fully saturated rings. The van der Waals surface area contributed by atoms with Crippen LogP contribution in [0.1, 0.15) is 46.9 Å². The molecule has 6 rings (SSSR count). The number of rotatable bonds is 11. The van der Waals surface area contributed by atoms with E-state index in [0.29, 0.717) is 66.8 Å². The summed E-state index contributed by atoms with van der Waals surface area (Å²) >= 11 is 1.22. The van der Waals surface area contributed by atoms with Gasteiger partial charge in [-0.3, -0.25) is 14.2 Å². The molecule has 0 bridgehead atoms. The van der Waals surface area contributed by atoms with E-state index in [-0.39, 0.29) is 24.0 Å². The smallest absolute Gasteiger partial charge is 0.338 e. The van der Waals surface area contributed by atoms with Crippen LogP contribution in [0.5, 0.6) is 17.2 Å². The number of benzene rings is 4. The fraction of sp³-hybridized carbons (Fsp3) is 0.179. The number of fused-ring (bicyclic) bond motifs is 1. The number of hydrogen-bond acceptors (Lipinski definition) is 9. The number of esters is 1. The van der Waals surface area contributed by atoms with Gasteiger partial charge in [-0.05, 0) is 73.5 Å². The summed E-state index contributed by atoms with van der Waals surface area (Å²) in [6, 6.07) is 28.1. The average Bonchev–Trinajstić information content (AvgIpc) is 3.44. The molecule has 50 heavy (non-hydrogen) atoms. The fourth-order valence-corrected chi connectivity index (χ4v) is 6.71. The second kappa shape index (κ2) is 15.1. The Kier molecular flexibility index (Phi) is 10.2. The van der Waals surface area contributed by atoms with Crippen molar-refractivity contribution in [3.8, 4) is 17.2 Å². The SMILES string of the molecule is CCOC(=O)c1ccc(COc2c(/C=c3\sc4n(c3=O)[C@H](c3cccc(OC)c3)C(C(=O)Nc3ccccc3)=C(C)N=4)cccc2OC)cc1. The highest BCUT2D eigenvalue weighted by Crippen LogP contribution is 2.34. The highest BCUT2D eigenvalue weighted by Gasteiger charge is 2.33. The Labute approximate surface area is 292 Å². The maximum absolute atomic E-state index is 14.4. The van der Waals surface area contributed by atoms with Gasteiger partial charge in [0.25, 0.3) is 11.5 Å². The molecule has 254 valence electrons. The van der Waals surface area contributed by atoms with Crippen molar-refractivity contribution in [2.45, 2.75) is 26.5 Å². The number of allylic oxidation sites excluding steroid dienone is 1. The van der Waals surface area contributed by atoms with E-state index in [2.05, 4.69) is 5.32 Å². The number of anilines is 1. The van der Waals surface area contributed by atoms with E-state index in [1.54, 1.807) is 81.2 Å². The molecule has 0 saturated heterocycles. The van der Waals surface area contributed by atoms with Crippen molar-refractivity contribution in [3.63, 3.8) is 0 Å². The predicted octanol–water partition coefficient (Wildman–Crippen LogP) is 5.65. The van der Waals surface area contributed by atoms with Crippen LogP contribution in [0.15, 0.2) is 118 Å². The number of carbonyl (C=O) groups excluding carboxylic acids is 2. The third-order valence-electron chi connectivity index (χ3n) is 8.07. The van der Waals surface area contributed by atoms with E-state index < -0.39 is 6.04 Å². The van der Waals surface area contributed by atoms with Gasteiger partial charge in [-0.1, -0.05) is 65.9 Å². The Morgan fingerprint density at radius 1 is 0.940 bits per heavy atom. The van der Waals surface area contributed by atoms with Gasteiger partial charge in [0.1, 0.15) is 12.4 Å². The summed E-state index contributed by atoms with van der Waals surface area (Å²) in [7, 11) is 3.12. The van der Waals surface area contributed by atoms with Gasteiger partial charge in [0.2, 0.25) is 0 Å². The van der Waals surface area contributed by atoms with Crippen molar-refractivity contribution in [3.05, 3.63) is 150 Å². The molecule has 10 nitrogen and oxygen atoms in total. The molecular formula is C39H35N3O7S. The summed E-state index contributed by atoms with van der Waals surface area (Å²) in [6.45, 7) is 4.01. The summed E-state index contributed by atoms with van der Waals surface area (Å²) in [5.41, 5.74) is 3.75. The first kappa shape index (κ1) is 33.9. The molecule has 11 heteroatoms. The lowest BCUT2D eigenvalue weighted by atomic mass is 9.95. The van der Waals surface area contributed by atoms with Gasteiger partial charge < -0.3 is 24.3 Å². The molecule has 0 saturated carbocycles. The zero-order valence-corrected chi connectivity index (χ0v) is 28.8. The maximum Gasteiger partial charge on any atom is 0.338 e. The van der Waals surface area contributed by atoms with Gasteiger partial charge >= 0.3 is 5.97 Å². The number of nitrogens with zero attached hydrogens (tertiary/aromatic N) is 2. The quantitative estimate of drug-likeness (QED) is 0.178. The standard InChI is InChI=1S/C39H35N3O7S/c1-5-48-38(45)26-19-17-25(18-20-26)23-49-35-28(12-10-16-31(35)47-4)22-32-37(44)42-34(27-11-9-15-30(21-27)46-3)33(24(2)40-39(42)50-32)36(43)41-29-13-7-6-8-14-29/h6-22,34H,5,23H2,1-4H3,(H,41,43)/b32-22-/t34-/m1/s1. The highest BCUT2D eigenvalue weighted by atomic mass is 32.1. The Morgan fingerprint density at radius 2 is 1.70 bits per heavy atom. The van der Waals surface area contributed by atoms with Gasteiger partial charge in [0, 0.05) is 11.3 Å². The van der Waals surface area contributed by atoms with Crippen LogP contribution in [0.4, 0.5) is 5.69 Å². The predicted molar refractivity (Wildman–Crippen MR) is 192 cm³/mol. The van der Waals surface area contributed by atoms with E-state index in [4.69, 9.17) is 23.9 Å². The van der Waals surface area contributed by atoms with Crippen LogP contribution in [-0.2, 0) is 16.1 Å². The van der Waals surface area contributed by atoms with Gasteiger partial charge in [0.05, 0.1) is 48.2 Å². The lowest BCUT2D eigenvalue weighted by molar-refractivity contribution is -0.113. The summed E-state index contributed by atoms with van der Waals surface area (Å²) in [5.74, 6) is 0.772. The zero-order valence-electron chi connectivity index (χ0n) is 28.0. The van der Waals surface area contributed by atoms with Crippen molar-refractivity contribution < 1.29 is 28.5 Å². The third kappa shape index (κ3) is 7.08. The summed E-state index contributed by atoms with van der Waals surface area (Å²) in [6.07, 6.45) is 1.75. The fourth-order valence-electron chi connectivity index (χ4n) is 5.67. The first-order chi connectivity index (χ1) is 24.3. The molecule has 0 spiro atoms. The number of nitrogens with one attached hydrogen (secondary N) is 1. The van der Waals surface area contributed by atoms with Crippen molar-refractivity contribution in [2.75, 3.05) is 26.1 Å². The number of thiazole rings is 1. The number of hydrogen-bond donors (Lipinski definition) is 1. The number of methoxy groups -OCH3 is 2. The molecule has 1 aliphatic rings. The van der Waals surface area contributed by atoms with Crippen LogP contribution in [0, 0.1) is 0 Å². The van der Waals surface area contributed by atoms with Crippen LogP contribution >= 0.6 is 11.3 Å². The maximum atomic E-state index is 14.4. The van der Waals surface area contributed by atoms with Crippen LogP contribution in [-0.4, -0.2) is 37.3 Å². The van der Waals surface area contributed by atoms with Gasteiger partial charge in [-0.15, -0.1) is 0 Å². The minimum absolute atomic E-state index is 0.181. The first-order valence-electron chi connectivity index (χ1n) is 15.9. The van der Waals surface area contributed by atoms with Crippen molar-refractivity contribution in [1.82, 2.24) is 4.57 Å². The van der Waals surface area contributed by atoms with Gasteiger partial charge in [0.15, 0.2) is 16.3 Å². The van der Waals surface area contributed by atoms with E-state index in [0.717, 1.165) is 5.56 Å². The minimum atomic E-state index is -0.772. The second-order valence-corrected chi connectivity index (χ2v) is 12.3. The van der Waals surface area contributed by atoms with Crippen LogP contribution in [0.2, 0.25) is 0 Å². The molecule has 1 atom stereocenters. The Bertz CT molecular complexity index is 2260. The monoisotopic (exact) mass is 689 g/mol. The largest absolute Gasteiger partial charge is 0.497 e. The van der Waals surface area contributed by atoms with Crippen molar-refractivity contribution >= 4 is 35.0 Å². The molecule has 0 radical (unpaired) electrons. The number of carbonyl (C=O) groups is 2. The van der Waals surface area contributed by atoms with Crippen LogP contribution in [0.3, 0.4) is 0 Å². The van der Waals surface area contributed by atoms with Crippen LogP contribution < -0.4 is 34.4 Å². The lowest BCUT2D eigenvalue weighted by Crippen LogP contribution is -2.40. The number of amides is 1. The van der Waals surface area contributed by atoms with E-state index in [9.17, 15) is 14.4 Å². The lowest BCUT2D eigenvalue weighted by Gasteiger charge is -2.25. The molecule has 1 aliphatic heterocycles. The summed E-state index contributed by atoms with van der Waals surface area (Å²) in [4.78, 5) is 45.5. The summed E-state index contributed by atoms with van der Waals surface area (Å²) in [5, 5.41) is 2.97. The molecule has 0 unspecified atom stereocenters. The van der Waals surface area contributed by atoms with Crippen molar-refractivity contribution in [1.29, 1.82) is 0 Å². The Balaban J connectivity index is 1.40. The topological polar surface area (TPSA) is 117 Å². The molecule has 0 aliphatic carbocycles. The Hall–Kier alpha value is -5.94. The number of ether oxygens (including phenoxy) is 4. The van der Waals surface area contributed by atoms with E-state index in [1.165, 1.54) is 11.3 Å².